The van der Waals surface area contributed by atoms with Crippen LogP contribution in [0, 0.1) is 0 Å². The zero-order valence-corrected chi connectivity index (χ0v) is 7.58. The van der Waals surface area contributed by atoms with E-state index in [9.17, 15) is 0 Å². The van der Waals surface area contributed by atoms with Crippen molar-refractivity contribution in [2.24, 2.45) is 5.73 Å². The molecule has 0 bridgehead atoms. The molecule has 0 fully saturated rings. The van der Waals surface area contributed by atoms with Gasteiger partial charge in [-0.25, -0.2) is 0 Å². The van der Waals surface area contributed by atoms with Crippen LogP contribution in [0.4, 0.5) is 0 Å². The molecule has 50 valence electrons. The van der Waals surface area contributed by atoms with Gasteiger partial charge in [0.05, 0.1) is 8.07 Å². The van der Waals surface area contributed by atoms with Gasteiger partial charge in [-0.05, 0) is 0 Å². The highest BCUT2D eigenvalue weighted by Gasteiger charge is 2.29. The van der Waals surface area contributed by atoms with Crippen molar-refractivity contribution >= 4 is 8.07 Å². The molecule has 0 radical (unpaired) electrons. The fraction of sp³-hybridized carbons (Fsp3) is 1.00. The molecule has 0 saturated carbocycles. The van der Waals surface area contributed by atoms with E-state index in [2.05, 4.69) is 33.5 Å². The highest BCUT2D eigenvalue weighted by Crippen LogP contribution is 2.15. The third-order valence-electron chi connectivity index (χ3n) is 1.93. The Bertz CT molecular complexity index is 63.5. The van der Waals surface area contributed by atoms with Crippen LogP contribution in [-0.2, 0) is 0 Å². The minimum Gasteiger partial charge on any atom is -0.328 e. The zero-order chi connectivity index (χ0) is 7.00. The maximum atomic E-state index is 5.87. The average molecular weight is 131 g/mol. The molecule has 0 aliphatic carbocycles. The Morgan fingerprint density at radius 3 is 1.25 bits per heavy atom. The van der Waals surface area contributed by atoms with Crippen LogP contribution in [0.25, 0.3) is 0 Å². The van der Waals surface area contributed by atoms with Crippen molar-refractivity contribution in [1.82, 2.24) is 0 Å². The standard InChI is InChI=1S/C6H17NSi/c1-6(2,7)8(3,4)5/h7H2,1-5H3. The van der Waals surface area contributed by atoms with E-state index in [4.69, 9.17) is 5.73 Å². The predicted octanol–water partition coefficient (Wildman–Crippen LogP) is 1.60. The zero-order valence-electron chi connectivity index (χ0n) is 6.58. The topological polar surface area (TPSA) is 26.0 Å². The molecule has 0 amide bonds. The van der Waals surface area contributed by atoms with Crippen LogP contribution in [0.1, 0.15) is 13.8 Å². The number of hydrogen-bond donors (Lipinski definition) is 1. The molecule has 0 aliphatic heterocycles. The third kappa shape index (κ3) is 1.97. The Labute approximate surface area is 53.3 Å². The van der Waals surface area contributed by atoms with Crippen LogP contribution in [-0.4, -0.2) is 13.2 Å². The molecule has 0 heterocycles. The Balaban J connectivity index is 4.02. The molecule has 0 aromatic heterocycles. The van der Waals surface area contributed by atoms with Gasteiger partial charge in [0.1, 0.15) is 0 Å². The first kappa shape index (κ1) is 8.18. The summed E-state index contributed by atoms with van der Waals surface area (Å²) in [6.45, 7) is 11.1. The summed E-state index contributed by atoms with van der Waals surface area (Å²) in [5.74, 6) is 0. The second-order valence-corrected chi connectivity index (χ2v) is 9.76. The van der Waals surface area contributed by atoms with E-state index in [1.54, 1.807) is 0 Å². The number of nitrogens with two attached hydrogens (primary N) is 1. The van der Waals surface area contributed by atoms with Crippen molar-refractivity contribution in [2.45, 2.75) is 38.7 Å². The van der Waals surface area contributed by atoms with Gasteiger partial charge in [-0.15, -0.1) is 0 Å². The second-order valence-electron chi connectivity index (χ2n) is 3.97. The lowest BCUT2D eigenvalue weighted by Crippen LogP contribution is -2.54. The minimum atomic E-state index is -1.08. The first-order chi connectivity index (χ1) is 3.25. The molecule has 0 rings (SSSR count). The van der Waals surface area contributed by atoms with E-state index in [1.807, 2.05) is 0 Å². The Morgan fingerprint density at radius 2 is 1.25 bits per heavy atom. The SMILES string of the molecule is CC(C)(N)[Si](C)(C)C. The van der Waals surface area contributed by atoms with E-state index in [0.717, 1.165) is 0 Å². The van der Waals surface area contributed by atoms with Gasteiger partial charge in [-0.2, -0.15) is 0 Å². The summed E-state index contributed by atoms with van der Waals surface area (Å²) < 4.78 is 0. The van der Waals surface area contributed by atoms with Crippen LogP contribution in [0.3, 0.4) is 0 Å². The summed E-state index contributed by atoms with van der Waals surface area (Å²) >= 11 is 0. The minimum absolute atomic E-state index is 0.0764. The van der Waals surface area contributed by atoms with Crippen LogP contribution in [0.2, 0.25) is 19.6 Å². The van der Waals surface area contributed by atoms with Crippen LogP contribution in [0.5, 0.6) is 0 Å². The third-order valence-corrected chi connectivity index (χ3v) is 5.80. The molecule has 8 heavy (non-hydrogen) atoms. The first-order valence-corrected chi connectivity index (χ1v) is 6.54. The predicted molar refractivity (Wildman–Crippen MR) is 41.6 cm³/mol. The van der Waals surface area contributed by atoms with Crippen molar-refractivity contribution in [3.8, 4) is 0 Å². The molecule has 0 atom stereocenters. The van der Waals surface area contributed by atoms with E-state index < -0.39 is 8.07 Å². The van der Waals surface area contributed by atoms with Gasteiger partial charge in [0, 0.05) is 5.16 Å². The summed E-state index contributed by atoms with van der Waals surface area (Å²) in [4.78, 5) is 0. The molecular weight excluding hydrogens is 114 g/mol. The molecular formula is C6H17NSi. The van der Waals surface area contributed by atoms with E-state index >= 15 is 0 Å². The highest BCUT2D eigenvalue weighted by molar-refractivity contribution is 6.79. The Hall–Kier alpha value is 0.177. The van der Waals surface area contributed by atoms with Gasteiger partial charge in [0.2, 0.25) is 0 Å². The van der Waals surface area contributed by atoms with Crippen molar-refractivity contribution in [2.75, 3.05) is 0 Å². The molecule has 0 aromatic rings. The normalized spacial score (nSPS) is 14.2. The Kier molecular flexibility index (Phi) is 1.89. The molecule has 0 aromatic carbocycles. The fourth-order valence-electron chi connectivity index (χ4n) is 0. The van der Waals surface area contributed by atoms with Gasteiger partial charge in [-0.3, -0.25) is 0 Å². The summed E-state index contributed by atoms with van der Waals surface area (Å²) in [5, 5.41) is 0.0764. The molecule has 0 saturated heterocycles. The van der Waals surface area contributed by atoms with Gasteiger partial charge < -0.3 is 5.73 Å². The Morgan fingerprint density at radius 1 is 1.12 bits per heavy atom. The second kappa shape index (κ2) is 1.85. The molecule has 0 unspecified atom stereocenters. The van der Waals surface area contributed by atoms with Crippen LogP contribution in [0.15, 0.2) is 0 Å². The molecule has 0 aliphatic rings. The summed E-state index contributed by atoms with van der Waals surface area (Å²) in [7, 11) is -1.08. The van der Waals surface area contributed by atoms with E-state index in [-0.39, 0.29) is 5.16 Å². The van der Waals surface area contributed by atoms with E-state index in [1.165, 1.54) is 0 Å². The van der Waals surface area contributed by atoms with Crippen LogP contribution >= 0.6 is 0 Å². The molecule has 1 nitrogen and oxygen atoms in total. The lowest BCUT2D eigenvalue weighted by atomic mass is 10.4. The van der Waals surface area contributed by atoms with Crippen molar-refractivity contribution < 1.29 is 0 Å². The van der Waals surface area contributed by atoms with Gasteiger partial charge >= 0.3 is 0 Å². The molecule has 2 N–H and O–H groups in total. The average Bonchev–Trinajstić information content (AvgIpc) is 1.25. The number of hydrogen-bond acceptors (Lipinski definition) is 1. The first-order valence-electron chi connectivity index (χ1n) is 3.04. The summed E-state index contributed by atoms with van der Waals surface area (Å²) in [6, 6.07) is 0. The van der Waals surface area contributed by atoms with Crippen LogP contribution < -0.4 is 5.73 Å². The largest absolute Gasteiger partial charge is 0.328 e. The highest BCUT2D eigenvalue weighted by atomic mass is 28.3. The van der Waals surface area contributed by atoms with Gasteiger partial charge in [0.25, 0.3) is 0 Å². The van der Waals surface area contributed by atoms with Crippen molar-refractivity contribution in [3.05, 3.63) is 0 Å². The monoisotopic (exact) mass is 131 g/mol. The fourth-order valence-corrected chi connectivity index (χ4v) is 0. The lowest BCUT2D eigenvalue weighted by molar-refractivity contribution is 0.701. The van der Waals surface area contributed by atoms with Crippen molar-refractivity contribution in [3.63, 3.8) is 0 Å². The maximum Gasteiger partial charge on any atom is 0.0664 e. The van der Waals surface area contributed by atoms with E-state index in [0.29, 0.717) is 0 Å². The summed E-state index contributed by atoms with van der Waals surface area (Å²) in [5.41, 5.74) is 5.87. The quantitative estimate of drug-likeness (QED) is 0.537. The van der Waals surface area contributed by atoms with Gasteiger partial charge in [0.15, 0.2) is 0 Å². The van der Waals surface area contributed by atoms with Gasteiger partial charge in [-0.1, -0.05) is 33.5 Å². The van der Waals surface area contributed by atoms with Crippen molar-refractivity contribution in [1.29, 1.82) is 0 Å². The lowest BCUT2D eigenvalue weighted by Gasteiger charge is -2.32. The number of rotatable bonds is 1. The molecule has 0 spiro atoms. The molecule has 2 heteroatoms. The summed E-state index contributed by atoms with van der Waals surface area (Å²) in [6.07, 6.45) is 0. The smallest absolute Gasteiger partial charge is 0.0664 e. The maximum absolute atomic E-state index is 5.87.